The van der Waals surface area contributed by atoms with E-state index in [1.54, 1.807) is 50.9 Å². The quantitative estimate of drug-likeness (QED) is 0.425. The third kappa shape index (κ3) is 6.44. The summed E-state index contributed by atoms with van der Waals surface area (Å²) in [5.74, 6) is 0.909. The molecule has 0 saturated carbocycles. The Morgan fingerprint density at radius 2 is 1.64 bits per heavy atom. The van der Waals surface area contributed by atoms with Gasteiger partial charge in [-0.2, -0.15) is 0 Å². The van der Waals surface area contributed by atoms with Gasteiger partial charge in [0.1, 0.15) is 11.5 Å². The number of amides is 3. The van der Waals surface area contributed by atoms with Crippen LogP contribution in [0.3, 0.4) is 0 Å². The van der Waals surface area contributed by atoms with Crippen molar-refractivity contribution >= 4 is 29.0 Å². The van der Waals surface area contributed by atoms with Gasteiger partial charge in [0.15, 0.2) is 0 Å². The van der Waals surface area contributed by atoms with E-state index in [0.717, 1.165) is 37.2 Å². The van der Waals surface area contributed by atoms with Crippen molar-refractivity contribution in [2.24, 2.45) is 0 Å². The first-order valence-electron chi connectivity index (χ1n) is 11.9. The second-order valence-corrected chi connectivity index (χ2v) is 8.50. The summed E-state index contributed by atoms with van der Waals surface area (Å²) in [6.45, 7) is 2.16. The number of piperidine rings is 1. The molecule has 0 atom stereocenters. The highest BCUT2D eigenvalue weighted by molar-refractivity contribution is 6.04. The molecule has 3 N–H and O–H groups in total. The zero-order valence-corrected chi connectivity index (χ0v) is 20.5. The van der Waals surface area contributed by atoms with Crippen LogP contribution < -0.4 is 30.3 Å². The number of nitrogens with one attached hydrogen (secondary N) is 3. The lowest BCUT2D eigenvalue weighted by atomic mass is 10.1. The molecule has 1 aliphatic heterocycles. The zero-order valence-electron chi connectivity index (χ0n) is 20.5. The predicted octanol–water partition coefficient (Wildman–Crippen LogP) is 4.66. The summed E-state index contributed by atoms with van der Waals surface area (Å²) in [5.41, 5.74) is 3.31. The molecule has 9 nitrogen and oxygen atoms in total. The topological polar surface area (TPSA) is 105 Å². The number of ether oxygens (including phenoxy) is 2. The fourth-order valence-corrected chi connectivity index (χ4v) is 4.16. The molecule has 36 heavy (non-hydrogen) atoms. The van der Waals surface area contributed by atoms with E-state index in [1.807, 2.05) is 24.3 Å². The number of benzene rings is 2. The number of aromatic nitrogens is 1. The van der Waals surface area contributed by atoms with Crippen molar-refractivity contribution < 1.29 is 19.1 Å². The van der Waals surface area contributed by atoms with Gasteiger partial charge in [0.05, 0.1) is 19.8 Å². The van der Waals surface area contributed by atoms with Crippen LogP contribution in [-0.2, 0) is 6.54 Å². The first kappa shape index (κ1) is 24.8. The number of carbonyl (C=O) groups excluding carboxylic acids is 2. The molecule has 1 fully saturated rings. The average Bonchev–Trinajstić information content (AvgIpc) is 2.92. The minimum absolute atomic E-state index is 0.207. The molecule has 1 aliphatic rings. The largest absolute Gasteiger partial charge is 0.497 e. The molecule has 188 valence electrons. The molecule has 4 rings (SSSR count). The molecule has 0 aliphatic carbocycles. The maximum absolute atomic E-state index is 13.2. The number of rotatable bonds is 8. The predicted molar refractivity (Wildman–Crippen MR) is 140 cm³/mol. The van der Waals surface area contributed by atoms with Crippen molar-refractivity contribution in [3.05, 3.63) is 72.1 Å². The Hall–Kier alpha value is -4.27. The van der Waals surface area contributed by atoms with Crippen molar-refractivity contribution in [3.63, 3.8) is 0 Å². The van der Waals surface area contributed by atoms with E-state index in [1.165, 1.54) is 6.42 Å². The van der Waals surface area contributed by atoms with Crippen molar-refractivity contribution in [2.75, 3.05) is 42.8 Å². The monoisotopic (exact) mass is 489 g/mol. The molecule has 0 radical (unpaired) electrons. The van der Waals surface area contributed by atoms with E-state index in [9.17, 15) is 9.59 Å². The highest BCUT2D eigenvalue weighted by atomic mass is 16.5. The van der Waals surface area contributed by atoms with Crippen LogP contribution in [0.25, 0.3) is 0 Å². The number of hydrogen-bond donors (Lipinski definition) is 3. The van der Waals surface area contributed by atoms with Crippen molar-refractivity contribution in [1.29, 1.82) is 0 Å². The molecule has 2 heterocycles. The second-order valence-electron chi connectivity index (χ2n) is 8.50. The lowest BCUT2D eigenvalue weighted by molar-refractivity contribution is 0.0951. The van der Waals surface area contributed by atoms with Gasteiger partial charge in [0.25, 0.3) is 5.91 Å². The maximum Gasteiger partial charge on any atom is 0.323 e. The minimum Gasteiger partial charge on any atom is -0.497 e. The van der Waals surface area contributed by atoms with Crippen LogP contribution >= 0.6 is 0 Å². The zero-order chi connectivity index (χ0) is 25.3. The summed E-state index contributed by atoms with van der Waals surface area (Å²) < 4.78 is 10.5. The fourth-order valence-electron chi connectivity index (χ4n) is 4.16. The molecule has 9 heteroatoms. The van der Waals surface area contributed by atoms with E-state index in [4.69, 9.17) is 9.47 Å². The van der Waals surface area contributed by atoms with Crippen molar-refractivity contribution in [3.8, 4) is 11.5 Å². The van der Waals surface area contributed by atoms with Crippen LogP contribution in [0, 0.1) is 0 Å². The average molecular weight is 490 g/mol. The molecular weight excluding hydrogens is 458 g/mol. The maximum atomic E-state index is 13.2. The Morgan fingerprint density at radius 3 is 2.31 bits per heavy atom. The Labute approximate surface area is 210 Å². The molecule has 3 aromatic rings. The van der Waals surface area contributed by atoms with Crippen molar-refractivity contribution in [1.82, 2.24) is 10.3 Å². The minimum atomic E-state index is -0.447. The van der Waals surface area contributed by atoms with Gasteiger partial charge in [-0.25, -0.2) is 4.79 Å². The second kappa shape index (κ2) is 11.9. The number of methoxy groups -OCH3 is 2. The summed E-state index contributed by atoms with van der Waals surface area (Å²) in [6.07, 6.45) is 6.78. The first-order valence-corrected chi connectivity index (χ1v) is 11.9. The molecule has 2 aromatic carbocycles. The van der Waals surface area contributed by atoms with E-state index in [2.05, 4.69) is 25.8 Å². The highest BCUT2D eigenvalue weighted by Gasteiger charge is 2.20. The number of carbonyl (C=O) groups is 2. The van der Waals surface area contributed by atoms with Gasteiger partial charge in [-0.05, 0) is 49.1 Å². The summed E-state index contributed by atoms with van der Waals surface area (Å²) >= 11 is 0. The Kier molecular flexibility index (Phi) is 8.23. The van der Waals surface area contributed by atoms with Gasteiger partial charge in [0, 0.05) is 67.3 Å². The molecule has 0 unspecified atom stereocenters. The Balaban J connectivity index is 1.52. The number of pyridine rings is 1. The lowest BCUT2D eigenvalue weighted by Gasteiger charge is -2.30. The summed E-state index contributed by atoms with van der Waals surface area (Å²) in [7, 11) is 3.09. The van der Waals surface area contributed by atoms with Crippen LogP contribution in [0.1, 0.15) is 35.2 Å². The first-order chi connectivity index (χ1) is 17.6. The summed E-state index contributed by atoms with van der Waals surface area (Å²) in [5, 5.41) is 8.59. The van der Waals surface area contributed by atoms with Crippen LogP contribution in [0.2, 0.25) is 0 Å². The van der Waals surface area contributed by atoms with E-state index in [0.29, 0.717) is 35.0 Å². The number of urea groups is 1. The van der Waals surface area contributed by atoms with Crippen LogP contribution in [-0.4, -0.2) is 44.2 Å². The molecule has 1 aromatic heterocycles. The number of nitrogens with zero attached hydrogens (tertiary/aromatic N) is 2. The van der Waals surface area contributed by atoms with E-state index in [-0.39, 0.29) is 5.91 Å². The Bertz CT molecular complexity index is 1170. The third-order valence-corrected chi connectivity index (χ3v) is 5.98. The molecule has 1 saturated heterocycles. The fraction of sp³-hybridized carbons (Fsp3) is 0.296. The normalized spacial score (nSPS) is 13.0. The smallest absolute Gasteiger partial charge is 0.323 e. The van der Waals surface area contributed by atoms with Gasteiger partial charge >= 0.3 is 6.03 Å². The van der Waals surface area contributed by atoms with Gasteiger partial charge in [-0.3, -0.25) is 9.78 Å². The summed E-state index contributed by atoms with van der Waals surface area (Å²) in [6, 6.07) is 13.8. The van der Waals surface area contributed by atoms with Crippen LogP contribution in [0.4, 0.5) is 21.9 Å². The van der Waals surface area contributed by atoms with E-state index < -0.39 is 6.03 Å². The standard InChI is InChI=1S/C27H31N5O4/c1-35-22-13-21(14-23(16-22)36-2)31-27(34)30-20-8-9-25(32-11-4-3-5-12-32)24(15-20)26(33)29-18-19-7-6-10-28-17-19/h6-10,13-17H,3-5,11-12,18H2,1-2H3,(H,29,33)(H2,30,31,34). The van der Waals surface area contributed by atoms with Gasteiger partial charge < -0.3 is 30.3 Å². The molecule has 0 bridgehead atoms. The van der Waals surface area contributed by atoms with Gasteiger partial charge in [-0.15, -0.1) is 0 Å². The van der Waals surface area contributed by atoms with Crippen LogP contribution in [0.15, 0.2) is 60.9 Å². The molecular formula is C27H31N5O4. The van der Waals surface area contributed by atoms with E-state index >= 15 is 0 Å². The molecule has 0 spiro atoms. The lowest BCUT2D eigenvalue weighted by Crippen LogP contribution is -2.33. The highest BCUT2D eigenvalue weighted by Crippen LogP contribution is 2.28. The van der Waals surface area contributed by atoms with Gasteiger partial charge in [0.2, 0.25) is 0 Å². The van der Waals surface area contributed by atoms with Crippen LogP contribution in [0.5, 0.6) is 11.5 Å². The Morgan fingerprint density at radius 1 is 0.917 bits per heavy atom. The number of hydrogen-bond acceptors (Lipinski definition) is 6. The van der Waals surface area contributed by atoms with Crippen molar-refractivity contribution in [2.45, 2.75) is 25.8 Å². The third-order valence-electron chi connectivity index (χ3n) is 5.98. The van der Waals surface area contributed by atoms with Gasteiger partial charge in [-0.1, -0.05) is 6.07 Å². The molecule has 3 amide bonds. The SMILES string of the molecule is COc1cc(NC(=O)Nc2ccc(N3CCCCC3)c(C(=O)NCc3cccnc3)c2)cc(OC)c1. The number of anilines is 3. The summed E-state index contributed by atoms with van der Waals surface area (Å²) in [4.78, 5) is 32.3.